The predicted molar refractivity (Wildman–Crippen MR) is 37.8 cm³/mol. The van der Waals surface area contributed by atoms with Gasteiger partial charge in [-0.05, 0) is 0 Å². The molecule has 0 aliphatic rings. The van der Waals surface area contributed by atoms with E-state index in [1.807, 2.05) is 0 Å². The normalized spacial score (nSPS) is 12.0. The van der Waals surface area contributed by atoms with Crippen molar-refractivity contribution in [1.29, 1.82) is 0 Å². The molecule has 0 aromatic carbocycles. The van der Waals surface area contributed by atoms with Gasteiger partial charge in [0.1, 0.15) is 5.69 Å². The molecule has 0 bridgehead atoms. The van der Waals surface area contributed by atoms with Gasteiger partial charge in [0.15, 0.2) is 5.17 Å². The fourth-order valence-corrected chi connectivity index (χ4v) is 0.840. The van der Waals surface area contributed by atoms with E-state index in [-0.39, 0.29) is 10.9 Å². The molecule has 0 unspecified atom stereocenters. The van der Waals surface area contributed by atoms with Crippen molar-refractivity contribution in [2.45, 2.75) is 0 Å². The minimum absolute atomic E-state index is 0.133. The van der Waals surface area contributed by atoms with Crippen LogP contribution in [0.4, 0.5) is 0 Å². The SMILES string of the molecule is ON=C(Cl)c1n[nH]cc1Cl. The number of nitrogens with zero attached hydrogens (tertiary/aromatic N) is 2. The molecule has 0 atom stereocenters. The van der Waals surface area contributed by atoms with Crippen LogP contribution in [0.15, 0.2) is 11.4 Å². The molecule has 1 aromatic rings. The van der Waals surface area contributed by atoms with Crippen LogP contribution in [0.3, 0.4) is 0 Å². The summed E-state index contributed by atoms with van der Waals surface area (Å²) in [5.74, 6) is 0. The number of rotatable bonds is 1. The van der Waals surface area contributed by atoms with Crippen LogP contribution in [-0.2, 0) is 0 Å². The number of hydrogen-bond acceptors (Lipinski definition) is 3. The van der Waals surface area contributed by atoms with Crippen molar-refractivity contribution in [1.82, 2.24) is 10.2 Å². The van der Waals surface area contributed by atoms with Crippen LogP contribution in [0.5, 0.6) is 0 Å². The highest BCUT2D eigenvalue weighted by molar-refractivity contribution is 6.70. The summed E-state index contributed by atoms with van der Waals surface area (Å²) >= 11 is 10.9. The Morgan fingerprint density at radius 2 is 2.50 bits per heavy atom. The van der Waals surface area contributed by atoms with E-state index in [4.69, 9.17) is 28.4 Å². The molecule has 0 saturated carbocycles. The molecule has 0 aliphatic carbocycles. The summed E-state index contributed by atoms with van der Waals surface area (Å²) in [5, 5.41) is 17.1. The maximum atomic E-state index is 8.17. The Kier molecular flexibility index (Phi) is 2.13. The zero-order valence-electron chi connectivity index (χ0n) is 4.67. The topological polar surface area (TPSA) is 61.3 Å². The molecule has 0 saturated heterocycles. The summed E-state index contributed by atoms with van der Waals surface area (Å²) in [6.07, 6.45) is 1.43. The van der Waals surface area contributed by atoms with Gasteiger partial charge in [-0.3, -0.25) is 5.10 Å². The highest BCUT2D eigenvalue weighted by atomic mass is 35.5. The van der Waals surface area contributed by atoms with E-state index in [0.717, 1.165) is 0 Å². The molecule has 0 fully saturated rings. The van der Waals surface area contributed by atoms with Gasteiger partial charge in [-0.2, -0.15) is 5.10 Å². The van der Waals surface area contributed by atoms with Crippen molar-refractivity contribution in [3.63, 3.8) is 0 Å². The first-order valence-electron chi connectivity index (χ1n) is 2.33. The quantitative estimate of drug-likeness (QED) is 0.390. The molecule has 0 radical (unpaired) electrons. The second-order valence-corrected chi connectivity index (χ2v) is 2.24. The van der Waals surface area contributed by atoms with E-state index >= 15 is 0 Å². The monoisotopic (exact) mass is 179 g/mol. The molecule has 0 amide bonds. The number of nitrogens with one attached hydrogen (secondary N) is 1. The van der Waals surface area contributed by atoms with E-state index < -0.39 is 0 Å². The van der Waals surface area contributed by atoms with Gasteiger partial charge in [0.05, 0.1) is 5.02 Å². The van der Waals surface area contributed by atoms with Crippen LogP contribution in [-0.4, -0.2) is 20.6 Å². The van der Waals surface area contributed by atoms with Crippen LogP contribution in [0.1, 0.15) is 5.69 Å². The van der Waals surface area contributed by atoms with Crippen LogP contribution >= 0.6 is 23.2 Å². The Morgan fingerprint density at radius 1 is 1.80 bits per heavy atom. The summed E-state index contributed by atoms with van der Waals surface area (Å²) in [4.78, 5) is 0. The molecule has 1 aromatic heterocycles. The second kappa shape index (κ2) is 2.90. The average Bonchev–Trinajstić information content (AvgIpc) is 2.34. The Bertz CT molecular complexity index is 257. The van der Waals surface area contributed by atoms with Gasteiger partial charge in [-0.15, -0.1) is 0 Å². The minimum atomic E-state index is -0.133. The van der Waals surface area contributed by atoms with Gasteiger partial charge in [0.25, 0.3) is 0 Å². The zero-order valence-corrected chi connectivity index (χ0v) is 6.19. The Morgan fingerprint density at radius 3 is 2.90 bits per heavy atom. The van der Waals surface area contributed by atoms with Gasteiger partial charge >= 0.3 is 0 Å². The maximum absolute atomic E-state index is 8.17. The number of aromatic amines is 1. The molecular formula is C4H3Cl2N3O. The number of aromatic nitrogens is 2. The molecular weight excluding hydrogens is 177 g/mol. The summed E-state index contributed by atoms with van der Waals surface area (Å²) in [6, 6.07) is 0. The molecule has 1 heterocycles. The zero-order chi connectivity index (χ0) is 7.56. The Labute approximate surface area is 66.4 Å². The van der Waals surface area contributed by atoms with E-state index in [0.29, 0.717) is 5.02 Å². The number of hydrogen-bond donors (Lipinski definition) is 2. The fraction of sp³-hybridized carbons (Fsp3) is 0. The first kappa shape index (κ1) is 7.37. The maximum Gasteiger partial charge on any atom is 0.197 e. The summed E-state index contributed by atoms with van der Waals surface area (Å²) in [7, 11) is 0. The molecule has 1 rings (SSSR count). The van der Waals surface area contributed by atoms with Crippen molar-refractivity contribution < 1.29 is 5.21 Å². The van der Waals surface area contributed by atoms with Crippen molar-refractivity contribution in [3.8, 4) is 0 Å². The minimum Gasteiger partial charge on any atom is -0.410 e. The van der Waals surface area contributed by atoms with Gasteiger partial charge in [-0.25, -0.2) is 0 Å². The molecule has 10 heavy (non-hydrogen) atoms. The van der Waals surface area contributed by atoms with E-state index in [2.05, 4.69) is 15.4 Å². The lowest BCUT2D eigenvalue weighted by Gasteiger charge is -1.86. The molecule has 4 nitrogen and oxygen atoms in total. The first-order chi connectivity index (χ1) is 4.75. The van der Waals surface area contributed by atoms with Crippen molar-refractivity contribution in [3.05, 3.63) is 16.9 Å². The van der Waals surface area contributed by atoms with Crippen LogP contribution < -0.4 is 0 Å². The summed E-state index contributed by atoms with van der Waals surface area (Å²) in [5.41, 5.74) is 0.242. The Balaban J connectivity index is 3.05. The lowest BCUT2D eigenvalue weighted by Crippen LogP contribution is -1.91. The first-order valence-corrected chi connectivity index (χ1v) is 3.08. The third-order valence-corrected chi connectivity index (χ3v) is 1.42. The lowest BCUT2D eigenvalue weighted by molar-refractivity contribution is 0.320. The predicted octanol–water partition coefficient (Wildman–Crippen LogP) is 1.44. The summed E-state index contributed by atoms with van der Waals surface area (Å²) < 4.78 is 0. The van der Waals surface area contributed by atoms with E-state index in [1.54, 1.807) is 0 Å². The molecule has 54 valence electrons. The van der Waals surface area contributed by atoms with Gasteiger partial charge in [-0.1, -0.05) is 28.4 Å². The lowest BCUT2D eigenvalue weighted by atomic mass is 10.5. The third-order valence-electron chi connectivity index (χ3n) is 0.877. The van der Waals surface area contributed by atoms with Crippen molar-refractivity contribution in [2.24, 2.45) is 5.16 Å². The highest BCUT2D eigenvalue weighted by Gasteiger charge is 2.07. The van der Waals surface area contributed by atoms with Gasteiger partial charge < -0.3 is 5.21 Å². The largest absolute Gasteiger partial charge is 0.410 e. The summed E-state index contributed by atoms with van der Waals surface area (Å²) in [6.45, 7) is 0. The standard InChI is InChI=1S/C4H3Cl2N3O/c5-2-1-7-8-3(2)4(6)9-10/h1,10H,(H,7,8). The smallest absolute Gasteiger partial charge is 0.197 e. The van der Waals surface area contributed by atoms with Crippen LogP contribution in [0.25, 0.3) is 0 Å². The van der Waals surface area contributed by atoms with Gasteiger partial charge in [0, 0.05) is 6.20 Å². The van der Waals surface area contributed by atoms with Crippen molar-refractivity contribution in [2.75, 3.05) is 0 Å². The van der Waals surface area contributed by atoms with Crippen LogP contribution in [0, 0.1) is 0 Å². The fourth-order valence-electron chi connectivity index (χ4n) is 0.467. The molecule has 0 aliphatic heterocycles. The van der Waals surface area contributed by atoms with Gasteiger partial charge in [0.2, 0.25) is 0 Å². The third kappa shape index (κ3) is 1.22. The van der Waals surface area contributed by atoms with Crippen LogP contribution in [0.2, 0.25) is 5.02 Å². The molecule has 0 spiro atoms. The van der Waals surface area contributed by atoms with Crippen molar-refractivity contribution >= 4 is 28.4 Å². The number of oxime groups is 1. The Hall–Kier alpha value is -0.740. The molecule has 2 N–H and O–H groups in total. The van der Waals surface area contributed by atoms with E-state index in [9.17, 15) is 0 Å². The number of halogens is 2. The highest BCUT2D eigenvalue weighted by Crippen LogP contribution is 2.13. The number of H-pyrrole nitrogens is 1. The molecule has 6 heteroatoms. The average molecular weight is 180 g/mol. The van der Waals surface area contributed by atoms with E-state index in [1.165, 1.54) is 6.20 Å². The second-order valence-electron chi connectivity index (χ2n) is 1.47.